The second kappa shape index (κ2) is 10.2. The fraction of sp³-hybridized carbons (Fsp3) is 0.458. The Morgan fingerprint density at radius 2 is 2.16 bits per heavy atom. The third-order valence-corrected chi connectivity index (χ3v) is 6.54. The minimum atomic E-state index is -0.228. The van der Waals surface area contributed by atoms with Crippen LogP contribution in [0.4, 0.5) is 5.82 Å². The molecule has 3 aromatic rings. The molecular weight excluding hydrogens is 424 g/mol. The van der Waals surface area contributed by atoms with Gasteiger partial charge in [-0.25, -0.2) is 9.97 Å². The number of thiophene rings is 1. The van der Waals surface area contributed by atoms with E-state index >= 15 is 0 Å². The normalized spacial score (nSPS) is 16.0. The highest BCUT2D eigenvalue weighted by Gasteiger charge is 2.32. The van der Waals surface area contributed by atoms with Crippen LogP contribution in [0.3, 0.4) is 0 Å². The van der Waals surface area contributed by atoms with Crippen molar-refractivity contribution in [1.29, 1.82) is 0 Å². The average Bonchev–Trinajstić information content (AvgIpc) is 3.47. The molecule has 1 aliphatic heterocycles. The summed E-state index contributed by atoms with van der Waals surface area (Å²) in [5, 5.41) is 6.11. The number of nitrogens with one attached hydrogen (secondary N) is 1. The molecule has 1 unspecified atom stereocenters. The van der Waals surface area contributed by atoms with E-state index in [1.807, 2.05) is 29.6 Å². The number of hydrogen-bond acceptors (Lipinski definition) is 7. The summed E-state index contributed by atoms with van der Waals surface area (Å²) in [6.07, 6.45) is 4.35. The van der Waals surface area contributed by atoms with Crippen molar-refractivity contribution in [2.45, 2.75) is 45.7 Å². The topological polar surface area (TPSA) is 76.6 Å². The standard InChI is InChI=1S/C24H30N4O3S/c1-16(2)8-11-31-20-7-6-17(13-21(20)30-3)14-25-23(29)19-5-4-10-28(19)22-18-9-12-32-24(18)27-15-26-22/h6-7,9,12-13,15-16,19H,4-5,8,10-11,14H2,1-3H3,(H,25,29). The van der Waals surface area contributed by atoms with Crippen LogP contribution in [0.5, 0.6) is 11.5 Å². The summed E-state index contributed by atoms with van der Waals surface area (Å²) in [7, 11) is 1.64. The molecule has 0 spiro atoms. The zero-order chi connectivity index (χ0) is 22.5. The van der Waals surface area contributed by atoms with Gasteiger partial charge < -0.3 is 19.7 Å². The number of aromatic nitrogens is 2. The summed E-state index contributed by atoms with van der Waals surface area (Å²) in [6.45, 7) is 6.25. The second-order valence-corrected chi connectivity index (χ2v) is 9.32. The molecule has 32 heavy (non-hydrogen) atoms. The first kappa shape index (κ1) is 22.3. The molecule has 0 radical (unpaired) electrons. The first-order valence-electron chi connectivity index (χ1n) is 11.1. The zero-order valence-corrected chi connectivity index (χ0v) is 19.7. The van der Waals surface area contributed by atoms with Crippen molar-refractivity contribution < 1.29 is 14.3 Å². The molecule has 0 aliphatic carbocycles. The molecule has 0 saturated carbocycles. The van der Waals surface area contributed by atoms with E-state index in [4.69, 9.17) is 9.47 Å². The Balaban J connectivity index is 1.40. The summed E-state index contributed by atoms with van der Waals surface area (Å²) < 4.78 is 11.4. The fourth-order valence-electron chi connectivity index (χ4n) is 3.95. The Bertz CT molecular complexity index is 1070. The Kier molecular flexibility index (Phi) is 7.09. The number of benzene rings is 1. The van der Waals surface area contributed by atoms with Crippen LogP contribution in [0.25, 0.3) is 10.2 Å². The van der Waals surface area contributed by atoms with Crippen molar-refractivity contribution >= 4 is 33.3 Å². The van der Waals surface area contributed by atoms with Crippen LogP contribution in [-0.2, 0) is 11.3 Å². The number of hydrogen-bond donors (Lipinski definition) is 1. The van der Waals surface area contributed by atoms with Gasteiger partial charge in [-0.3, -0.25) is 4.79 Å². The van der Waals surface area contributed by atoms with E-state index in [-0.39, 0.29) is 11.9 Å². The Morgan fingerprint density at radius 1 is 1.28 bits per heavy atom. The molecule has 1 fully saturated rings. The van der Waals surface area contributed by atoms with Crippen LogP contribution in [0.15, 0.2) is 36.0 Å². The number of rotatable bonds is 9. The lowest BCUT2D eigenvalue weighted by Crippen LogP contribution is -2.43. The van der Waals surface area contributed by atoms with E-state index in [9.17, 15) is 4.79 Å². The number of carbonyl (C=O) groups is 1. The van der Waals surface area contributed by atoms with Gasteiger partial charge in [-0.1, -0.05) is 19.9 Å². The van der Waals surface area contributed by atoms with Crippen molar-refractivity contribution in [3.8, 4) is 11.5 Å². The van der Waals surface area contributed by atoms with Crippen LogP contribution in [0, 0.1) is 5.92 Å². The lowest BCUT2D eigenvalue weighted by atomic mass is 10.1. The predicted molar refractivity (Wildman–Crippen MR) is 128 cm³/mol. The van der Waals surface area contributed by atoms with Gasteiger partial charge in [0.2, 0.25) is 5.91 Å². The molecule has 1 N–H and O–H groups in total. The number of carbonyl (C=O) groups excluding carboxylic acids is 1. The molecule has 3 heterocycles. The van der Waals surface area contributed by atoms with Crippen LogP contribution in [0.2, 0.25) is 0 Å². The van der Waals surface area contributed by atoms with Gasteiger partial charge in [-0.15, -0.1) is 11.3 Å². The quantitative estimate of drug-likeness (QED) is 0.516. The van der Waals surface area contributed by atoms with Crippen LogP contribution in [-0.4, -0.2) is 42.2 Å². The summed E-state index contributed by atoms with van der Waals surface area (Å²) in [4.78, 5) is 24.9. The Labute approximate surface area is 192 Å². The summed E-state index contributed by atoms with van der Waals surface area (Å²) in [6, 6.07) is 7.61. The molecule has 1 amide bonds. The number of methoxy groups -OCH3 is 1. The number of ether oxygens (including phenoxy) is 2. The SMILES string of the molecule is COc1cc(CNC(=O)C2CCCN2c2ncnc3sccc23)ccc1OCCC(C)C. The Hall–Kier alpha value is -2.87. The molecule has 1 saturated heterocycles. The molecule has 8 heteroatoms. The highest BCUT2D eigenvalue weighted by molar-refractivity contribution is 7.16. The molecule has 2 aromatic heterocycles. The van der Waals surface area contributed by atoms with Crippen molar-refractivity contribution in [2.75, 3.05) is 25.2 Å². The highest BCUT2D eigenvalue weighted by Crippen LogP contribution is 2.32. The maximum absolute atomic E-state index is 13.1. The molecule has 170 valence electrons. The van der Waals surface area contributed by atoms with Gasteiger partial charge in [-0.05, 0) is 54.3 Å². The molecule has 1 aliphatic rings. The maximum atomic E-state index is 13.1. The number of nitrogens with zero attached hydrogens (tertiary/aromatic N) is 3. The first-order valence-corrected chi connectivity index (χ1v) is 12.0. The van der Waals surface area contributed by atoms with Crippen LogP contribution >= 0.6 is 11.3 Å². The highest BCUT2D eigenvalue weighted by atomic mass is 32.1. The van der Waals surface area contributed by atoms with Gasteiger partial charge >= 0.3 is 0 Å². The molecule has 7 nitrogen and oxygen atoms in total. The number of anilines is 1. The maximum Gasteiger partial charge on any atom is 0.243 e. The van der Waals surface area contributed by atoms with E-state index in [1.54, 1.807) is 24.8 Å². The van der Waals surface area contributed by atoms with E-state index in [0.29, 0.717) is 24.8 Å². The van der Waals surface area contributed by atoms with E-state index in [0.717, 1.165) is 53.2 Å². The fourth-order valence-corrected chi connectivity index (χ4v) is 4.68. The zero-order valence-electron chi connectivity index (χ0n) is 18.8. The van der Waals surface area contributed by atoms with Crippen molar-refractivity contribution in [2.24, 2.45) is 5.92 Å². The van der Waals surface area contributed by atoms with Gasteiger partial charge in [0.05, 0.1) is 19.1 Å². The van der Waals surface area contributed by atoms with E-state index in [2.05, 4.69) is 34.0 Å². The van der Waals surface area contributed by atoms with Crippen molar-refractivity contribution in [3.05, 3.63) is 41.5 Å². The second-order valence-electron chi connectivity index (χ2n) is 8.42. The first-order chi connectivity index (χ1) is 15.6. The summed E-state index contributed by atoms with van der Waals surface area (Å²) >= 11 is 1.59. The minimum absolute atomic E-state index is 0.0146. The van der Waals surface area contributed by atoms with Crippen molar-refractivity contribution in [1.82, 2.24) is 15.3 Å². The lowest BCUT2D eigenvalue weighted by molar-refractivity contribution is -0.122. The third-order valence-electron chi connectivity index (χ3n) is 5.72. The molecule has 0 bridgehead atoms. The largest absolute Gasteiger partial charge is 0.493 e. The van der Waals surface area contributed by atoms with Gasteiger partial charge in [0.25, 0.3) is 0 Å². The predicted octanol–water partition coefficient (Wildman–Crippen LogP) is 4.41. The van der Waals surface area contributed by atoms with Gasteiger partial charge in [0, 0.05) is 13.1 Å². The Morgan fingerprint density at radius 3 is 2.97 bits per heavy atom. The number of amides is 1. The molecule has 1 aromatic carbocycles. The monoisotopic (exact) mass is 454 g/mol. The van der Waals surface area contributed by atoms with Gasteiger partial charge in [-0.2, -0.15) is 0 Å². The molecule has 1 atom stereocenters. The molecular formula is C24H30N4O3S. The van der Waals surface area contributed by atoms with Crippen LogP contribution < -0.4 is 19.7 Å². The summed E-state index contributed by atoms with van der Waals surface area (Å²) in [5.74, 6) is 2.86. The third kappa shape index (κ3) is 4.96. The van der Waals surface area contributed by atoms with E-state index in [1.165, 1.54) is 0 Å². The smallest absolute Gasteiger partial charge is 0.243 e. The molecule has 4 rings (SSSR count). The van der Waals surface area contributed by atoms with Crippen molar-refractivity contribution in [3.63, 3.8) is 0 Å². The average molecular weight is 455 g/mol. The minimum Gasteiger partial charge on any atom is -0.493 e. The van der Waals surface area contributed by atoms with Crippen LogP contribution in [0.1, 0.15) is 38.7 Å². The van der Waals surface area contributed by atoms with E-state index < -0.39 is 0 Å². The summed E-state index contributed by atoms with van der Waals surface area (Å²) in [5.41, 5.74) is 0.971. The number of fused-ring (bicyclic) bond motifs is 1. The lowest BCUT2D eigenvalue weighted by Gasteiger charge is -2.25. The van der Waals surface area contributed by atoms with Gasteiger partial charge in [0.1, 0.15) is 23.0 Å². The van der Waals surface area contributed by atoms with Gasteiger partial charge in [0.15, 0.2) is 11.5 Å².